The van der Waals surface area contributed by atoms with Gasteiger partial charge in [-0.05, 0) is 23.8 Å². The fourth-order valence-corrected chi connectivity index (χ4v) is 2.01. The molecule has 2 rings (SSSR count). The highest BCUT2D eigenvalue weighted by atomic mass is 19.1. The molecule has 0 aliphatic carbocycles. The molecule has 0 bridgehead atoms. The molecule has 0 saturated carbocycles. The molecular formula is C15H15FN2O2. The third-order valence-electron chi connectivity index (χ3n) is 3.08. The summed E-state index contributed by atoms with van der Waals surface area (Å²) < 4.78 is 13.7. The topological polar surface area (TPSA) is 66.6 Å². The number of anilines is 1. The van der Waals surface area contributed by atoms with Crippen LogP contribution in [0.2, 0.25) is 0 Å². The van der Waals surface area contributed by atoms with E-state index in [2.05, 4.69) is 0 Å². The second kappa shape index (κ2) is 5.71. The Morgan fingerprint density at radius 1 is 1.25 bits per heavy atom. The number of para-hydroxylation sites is 1. The monoisotopic (exact) mass is 274 g/mol. The first-order valence-corrected chi connectivity index (χ1v) is 6.09. The third kappa shape index (κ3) is 2.48. The predicted molar refractivity (Wildman–Crippen MR) is 75.1 cm³/mol. The molecule has 0 spiro atoms. The minimum Gasteiger partial charge on any atom is -0.507 e. The van der Waals surface area contributed by atoms with Crippen molar-refractivity contribution in [2.75, 3.05) is 11.9 Å². The van der Waals surface area contributed by atoms with Gasteiger partial charge in [-0.2, -0.15) is 0 Å². The standard InChI is InChI=1S/C15H15FN2O2/c1-18(12-7-3-2-5-10(12)9-17)15(20)14-11(16)6-4-8-13(14)19/h2-8,19H,9,17H2,1H3. The van der Waals surface area contributed by atoms with E-state index in [-0.39, 0.29) is 17.9 Å². The number of rotatable bonds is 3. The molecule has 104 valence electrons. The van der Waals surface area contributed by atoms with Crippen LogP contribution >= 0.6 is 0 Å². The average Bonchev–Trinajstić information content (AvgIpc) is 2.46. The SMILES string of the molecule is CN(C(=O)c1c(O)cccc1F)c1ccccc1CN. The lowest BCUT2D eigenvalue weighted by molar-refractivity contribution is 0.0986. The van der Waals surface area contributed by atoms with Gasteiger partial charge in [-0.25, -0.2) is 4.39 Å². The number of nitrogens with two attached hydrogens (primary N) is 1. The van der Waals surface area contributed by atoms with Crippen molar-refractivity contribution in [3.63, 3.8) is 0 Å². The summed E-state index contributed by atoms with van der Waals surface area (Å²) in [6.45, 7) is 0.261. The summed E-state index contributed by atoms with van der Waals surface area (Å²) >= 11 is 0. The summed E-state index contributed by atoms with van der Waals surface area (Å²) in [6, 6.07) is 10.8. The maximum absolute atomic E-state index is 13.7. The Balaban J connectivity index is 2.43. The smallest absolute Gasteiger partial charge is 0.264 e. The van der Waals surface area contributed by atoms with Crippen molar-refractivity contribution in [2.24, 2.45) is 5.73 Å². The molecule has 0 aliphatic heterocycles. The summed E-state index contributed by atoms with van der Waals surface area (Å²) in [4.78, 5) is 13.6. The molecule has 0 aromatic heterocycles. The molecule has 2 aromatic rings. The molecule has 5 heteroatoms. The Kier molecular flexibility index (Phi) is 4.00. The number of halogens is 1. The molecule has 3 N–H and O–H groups in total. The maximum atomic E-state index is 13.7. The van der Waals surface area contributed by atoms with E-state index in [1.165, 1.54) is 24.1 Å². The van der Waals surface area contributed by atoms with Crippen molar-refractivity contribution >= 4 is 11.6 Å². The minimum atomic E-state index is -0.757. The lowest BCUT2D eigenvalue weighted by Gasteiger charge is -2.21. The molecule has 0 saturated heterocycles. The fraction of sp³-hybridized carbons (Fsp3) is 0.133. The lowest BCUT2D eigenvalue weighted by Crippen LogP contribution is -2.28. The van der Waals surface area contributed by atoms with E-state index >= 15 is 0 Å². The van der Waals surface area contributed by atoms with E-state index in [4.69, 9.17) is 5.73 Å². The van der Waals surface area contributed by atoms with E-state index in [0.717, 1.165) is 11.6 Å². The molecule has 4 nitrogen and oxygen atoms in total. The van der Waals surface area contributed by atoms with Crippen molar-refractivity contribution in [1.29, 1.82) is 0 Å². The summed E-state index contributed by atoms with van der Waals surface area (Å²) in [5.74, 6) is -1.76. The van der Waals surface area contributed by atoms with Gasteiger partial charge < -0.3 is 15.7 Å². The number of phenolic OH excluding ortho intramolecular Hbond substituents is 1. The summed E-state index contributed by atoms with van der Waals surface area (Å²) in [5, 5.41) is 9.67. The van der Waals surface area contributed by atoms with Gasteiger partial charge in [0.2, 0.25) is 0 Å². The number of aromatic hydroxyl groups is 1. The Labute approximate surface area is 116 Å². The van der Waals surface area contributed by atoms with Crippen LogP contribution in [-0.2, 0) is 6.54 Å². The first kappa shape index (κ1) is 14.0. The number of carbonyl (C=O) groups is 1. The first-order valence-electron chi connectivity index (χ1n) is 6.09. The van der Waals surface area contributed by atoms with Crippen LogP contribution in [0.1, 0.15) is 15.9 Å². The van der Waals surface area contributed by atoms with Crippen LogP contribution in [0.15, 0.2) is 42.5 Å². The summed E-state index contributed by atoms with van der Waals surface area (Å²) in [5.41, 5.74) is 6.63. The predicted octanol–water partition coefficient (Wildman–Crippen LogP) is 2.27. The molecule has 2 aromatic carbocycles. The Morgan fingerprint density at radius 3 is 2.60 bits per heavy atom. The molecule has 0 aliphatic rings. The van der Waals surface area contributed by atoms with E-state index in [1.54, 1.807) is 18.2 Å². The van der Waals surface area contributed by atoms with Crippen LogP contribution in [0, 0.1) is 5.82 Å². The number of benzene rings is 2. The van der Waals surface area contributed by atoms with Crippen molar-refractivity contribution in [2.45, 2.75) is 6.54 Å². The number of nitrogens with zero attached hydrogens (tertiary/aromatic N) is 1. The molecule has 0 unspecified atom stereocenters. The van der Waals surface area contributed by atoms with Gasteiger partial charge in [-0.3, -0.25) is 4.79 Å². The van der Waals surface area contributed by atoms with Gasteiger partial charge in [0.15, 0.2) is 0 Å². The molecule has 0 radical (unpaired) electrons. The highest BCUT2D eigenvalue weighted by Gasteiger charge is 2.22. The number of hydrogen-bond acceptors (Lipinski definition) is 3. The Bertz CT molecular complexity index is 623. The first-order chi connectivity index (χ1) is 9.56. The molecule has 0 fully saturated rings. The normalized spacial score (nSPS) is 10.3. The van der Waals surface area contributed by atoms with Gasteiger partial charge in [0.1, 0.15) is 17.1 Å². The summed E-state index contributed by atoms with van der Waals surface area (Å²) in [6.07, 6.45) is 0. The van der Waals surface area contributed by atoms with Crippen molar-refractivity contribution in [3.05, 3.63) is 59.4 Å². The summed E-state index contributed by atoms with van der Waals surface area (Å²) in [7, 11) is 1.52. The van der Waals surface area contributed by atoms with E-state index < -0.39 is 11.7 Å². The van der Waals surface area contributed by atoms with Gasteiger partial charge in [0.05, 0.1) is 0 Å². The van der Waals surface area contributed by atoms with Crippen LogP contribution in [0.25, 0.3) is 0 Å². The van der Waals surface area contributed by atoms with Crippen LogP contribution in [0.4, 0.5) is 10.1 Å². The van der Waals surface area contributed by atoms with Crippen LogP contribution in [-0.4, -0.2) is 18.1 Å². The van der Waals surface area contributed by atoms with Gasteiger partial charge in [0.25, 0.3) is 5.91 Å². The zero-order chi connectivity index (χ0) is 14.7. The van der Waals surface area contributed by atoms with Crippen molar-refractivity contribution < 1.29 is 14.3 Å². The molecular weight excluding hydrogens is 259 g/mol. The largest absolute Gasteiger partial charge is 0.507 e. The number of carbonyl (C=O) groups excluding carboxylic acids is 1. The molecule has 0 atom stereocenters. The number of amides is 1. The second-order valence-electron chi connectivity index (χ2n) is 4.33. The quantitative estimate of drug-likeness (QED) is 0.902. The van der Waals surface area contributed by atoms with Crippen LogP contribution < -0.4 is 10.6 Å². The van der Waals surface area contributed by atoms with Gasteiger partial charge >= 0.3 is 0 Å². The lowest BCUT2D eigenvalue weighted by atomic mass is 10.1. The fourth-order valence-electron chi connectivity index (χ4n) is 2.01. The minimum absolute atomic E-state index is 0.261. The zero-order valence-electron chi connectivity index (χ0n) is 11.0. The van der Waals surface area contributed by atoms with Gasteiger partial charge in [-0.15, -0.1) is 0 Å². The Morgan fingerprint density at radius 2 is 1.95 bits per heavy atom. The average molecular weight is 274 g/mol. The third-order valence-corrected chi connectivity index (χ3v) is 3.08. The second-order valence-corrected chi connectivity index (χ2v) is 4.33. The Hall–Kier alpha value is -2.40. The van der Waals surface area contributed by atoms with Gasteiger partial charge in [0, 0.05) is 19.3 Å². The highest BCUT2D eigenvalue weighted by molar-refractivity contribution is 6.08. The molecule has 0 heterocycles. The van der Waals surface area contributed by atoms with Gasteiger partial charge in [-0.1, -0.05) is 24.3 Å². The number of phenols is 1. The molecule has 1 amide bonds. The van der Waals surface area contributed by atoms with Crippen molar-refractivity contribution in [3.8, 4) is 5.75 Å². The van der Waals surface area contributed by atoms with E-state index in [1.807, 2.05) is 6.07 Å². The molecule has 20 heavy (non-hydrogen) atoms. The highest BCUT2D eigenvalue weighted by Crippen LogP contribution is 2.25. The van der Waals surface area contributed by atoms with E-state index in [9.17, 15) is 14.3 Å². The van der Waals surface area contributed by atoms with E-state index in [0.29, 0.717) is 5.69 Å². The number of hydrogen-bond donors (Lipinski definition) is 2. The van der Waals surface area contributed by atoms with Crippen LogP contribution in [0.5, 0.6) is 5.75 Å². The zero-order valence-corrected chi connectivity index (χ0v) is 11.0. The maximum Gasteiger partial charge on any atom is 0.264 e. The van der Waals surface area contributed by atoms with Crippen molar-refractivity contribution in [1.82, 2.24) is 0 Å². The van der Waals surface area contributed by atoms with Crippen LogP contribution in [0.3, 0.4) is 0 Å².